The zero-order valence-electron chi connectivity index (χ0n) is 8.40. The van der Waals surface area contributed by atoms with Crippen molar-refractivity contribution in [1.82, 2.24) is 0 Å². The molecule has 16 heavy (non-hydrogen) atoms. The highest BCUT2D eigenvalue weighted by Gasteiger charge is 2.11. The molecule has 0 saturated carbocycles. The van der Waals surface area contributed by atoms with Crippen LogP contribution in [0, 0.1) is 17.1 Å². The minimum atomic E-state index is -1.20. The SMILES string of the molecule is COc1c(C#N)ccc(F)c1/C=C/C(=O)O. The number of hydrogen-bond donors (Lipinski definition) is 1. The van der Waals surface area contributed by atoms with Gasteiger partial charge >= 0.3 is 5.97 Å². The van der Waals surface area contributed by atoms with E-state index in [9.17, 15) is 9.18 Å². The lowest BCUT2D eigenvalue weighted by molar-refractivity contribution is -0.131. The molecule has 0 atom stereocenters. The molecule has 1 N–H and O–H groups in total. The number of ether oxygens (including phenoxy) is 1. The third-order valence-corrected chi connectivity index (χ3v) is 1.86. The summed E-state index contributed by atoms with van der Waals surface area (Å²) in [6, 6.07) is 4.18. The molecule has 0 heterocycles. The number of carboxylic acids is 1. The van der Waals surface area contributed by atoms with Crippen LogP contribution in [0.4, 0.5) is 4.39 Å². The average Bonchev–Trinajstić information content (AvgIpc) is 2.26. The molecule has 82 valence electrons. The van der Waals surface area contributed by atoms with Crippen molar-refractivity contribution >= 4 is 12.0 Å². The topological polar surface area (TPSA) is 70.3 Å². The lowest BCUT2D eigenvalue weighted by Gasteiger charge is -2.07. The Bertz CT molecular complexity index is 489. The number of rotatable bonds is 3. The number of methoxy groups -OCH3 is 1. The van der Waals surface area contributed by atoms with Crippen LogP contribution >= 0.6 is 0 Å². The van der Waals surface area contributed by atoms with Gasteiger partial charge in [-0.2, -0.15) is 5.26 Å². The molecule has 5 heteroatoms. The Kier molecular flexibility index (Phi) is 3.62. The maximum absolute atomic E-state index is 13.4. The van der Waals surface area contributed by atoms with Crippen LogP contribution in [0.3, 0.4) is 0 Å². The van der Waals surface area contributed by atoms with E-state index < -0.39 is 11.8 Å². The van der Waals surface area contributed by atoms with E-state index in [1.165, 1.54) is 13.2 Å². The van der Waals surface area contributed by atoms with Gasteiger partial charge in [0.1, 0.15) is 17.6 Å². The highest BCUT2D eigenvalue weighted by molar-refractivity contribution is 5.86. The maximum Gasteiger partial charge on any atom is 0.328 e. The molecule has 0 aliphatic rings. The lowest BCUT2D eigenvalue weighted by Crippen LogP contribution is -1.95. The van der Waals surface area contributed by atoms with E-state index in [1.807, 2.05) is 6.07 Å². The van der Waals surface area contributed by atoms with Gasteiger partial charge in [-0.1, -0.05) is 0 Å². The predicted octanol–water partition coefficient (Wildman–Crippen LogP) is 1.80. The van der Waals surface area contributed by atoms with Gasteiger partial charge in [-0.15, -0.1) is 0 Å². The second-order valence-corrected chi connectivity index (χ2v) is 2.83. The zero-order chi connectivity index (χ0) is 12.1. The first-order chi connectivity index (χ1) is 7.60. The summed E-state index contributed by atoms with van der Waals surface area (Å²) in [5, 5.41) is 17.2. The van der Waals surface area contributed by atoms with E-state index in [0.717, 1.165) is 18.2 Å². The van der Waals surface area contributed by atoms with Crippen molar-refractivity contribution < 1.29 is 19.0 Å². The molecule has 0 fully saturated rings. The average molecular weight is 221 g/mol. The molecule has 0 spiro atoms. The summed E-state index contributed by atoms with van der Waals surface area (Å²) in [4.78, 5) is 10.3. The molecule has 4 nitrogen and oxygen atoms in total. The van der Waals surface area contributed by atoms with E-state index in [0.29, 0.717) is 0 Å². The number of halogens is 1. The fourth-order valence-corrected chi connectivity index (χ4v) is 1.19. The number of nitriles is 1. The fraction of sp³-hybridized carbons (Fsp3) is 0.0909. The highest BCUT2D eigenvalue weighted by Crippen LogP contribution is 2.27. The second-order valence-electron chi connectivity index (χ2n) is 2.83. The first-order valence-electron chi connectivity index (χ1n) is 4.27. The van der Waals surface area contributed by atoms with Crippen molar-refractivity contribution in [2.45, 2.75) is 0 Å². The molecule has 0 radical (unpaired) electrons. The van der Waals surface area contributed by atoms with Crippen molar-refractivity contribution in [2.24, 2.45) is 0 Å². The third kappa shape index (κ3) is 2.36. The van der Waals surface area contributed by atoms with Gasteiger partial charge in [-0.3, -0.25) is 0 Å². The summed E-state index contributed by atoms with van der Waals surface area (Å²) in [5.74, 6) is -1.82. The minimum Gasteiger partial charge on any atom is -0.495 e. The molecular formula is C11H8FNO3. The molecule has 0 aliphatic heterocycles. The molecule has 0 bridgehead atoms. The number of benzene rings is 1. The minimum absolute atomic E-state index is 0.0278. The monoisotopic (exact) mass is 221 g/mol. The number of nitrogens with zero attached hydrogens (tertiary/aromatic N) is 1. The standard InChI is InChI=1S/C11H8FNO3/c1-16-11-7(6-13)2-4-9(12)8(11)3-5-10(14)15/h2-5H,1H3,(H,14,15)/b5-3+. The molecule has 0 aromatic heterocycles. The Morgan fingerprint density at radius 1 is 1.62 bits per heavy atom. The Labute approximate surface area is 91.2 Å². The van der Waals surface area contributed by atoms with Crippen molar-refractivity contribution in [1.29, 1.82) is 5.26 Å². The predicted molar refractivity (Wildman–Crippen MR) is 54.3 cm³/mol. The van der Waals surface area contributed by atoms with Gasteiger partial charge in [0, 0.05) is 6.08 Å². The number of carboxylic acid groups (broad SMARTS) is 1. The zero-order valence-corrected chi connectivity index (χ0v) is 8.40. The summed E-state index contributed by atoms with van der Waals surface area (Å²) in [6.45, 7) is 0. The van der Waals surface area contributed by atoms with Crippen LogP contribution in [-0.2, 0) is 4.79 Å². The van der Waals surface area contributed by atoms with Gasteiger partial charge in [0.05, 0.1) is 18.2 Å². The normalized spacial score (nSPS) is 10.1. The van der Waals surface area contributed by atoms with Gasteiger partial charge in [-0.05, 0) is 18.2 Å². The van der Waals surface area contributed by atoms with Crippen molar-refractivity contribution in [3.05, 3.63) is 35.2 Å². The van der Waals surface area contributed by atoms with E-state index >= 15 is 0 Å². The van der Waals surface area contributed by atoms with Crippen LogP contribution in [0.25, 0.3) is 6.08 Å². The van der Waals surface area contributed by atoms with E-state index in [1.54, 1.807) is 0 Å². The molecule has 0 saturated heterocycles. The van der Waals surface area contributed by atoms with Gasteiger partial charge in [0.2, 0.25) is 0 Å². The van der Waals surface area contributed by atoms with Gasteiger partial charge in [0.25, 0.3) is 0 Å². The van der Waals surface area contributed by atoms with Crippen LogP contribution < -0.4 is 4.74 Å². The van der Waals surface area contributed by atoms with Crippen LogP contribution in [0.15, 0.2) is 18.2 Å². The van der Waals surface area contributed by atoms with Crippen LogP contribution in [0.5, 0.6) is 5.75 Å². The van der Waals surface area contributed by atoms with Crippen molar-refractivity contribution in [3.63, 3.8) is 0 Å². The molecular weight excluding hydrogens is 213 g/mol. The van der Waals surface area contributed by atoms with E-state index in [-0.39, 0.29) is 16.9 Å². The molecule has 1 aromatic rings. The van der Waals surface area contributed by atoms with Gasteiger partial charge < -0.3 is 9.84 Å². The molecule has 1 aromatic carbocycles. The van der Waals surface area contributed by atoms with Crippen molar-refractivity contribution in [3.8, 4) is 11.8 Å². The molecule has 1 rings (SSSR count). The molecule has 0 unspecified atom stereocenters. The number of carbonyl (C=O) groups is 1. The summed E-state index contributed by atoms with van der Waals surface area (Å²) < 4.78 is 18.2. The third-order valence-electron chi connectivity index (χ3n) is 1.86. The Morgan fingerprint density at radius 2 is 2.31 bits per heavy atom. The summed E-state index contributed by atoms with van der Waals surface area (Å²) >= 11 is 0. The summed E-state index contributed by atoms with van der Waals surface area (Å²) in [7, 11) is 1.29. The number of hydrogen-bond acceptors (Lipinski definition) is 3. The molecule has 0 amide bonds. The highest BCUT2D eigenvalue weighted by atomic mass is 19.1. The first kappa shape index (κ1) is 11.7. The largest absolute Gasteiger partial charge is 0.495 e. The quantitative estimate of drug-likeness (QED) is 0.790. The molecule has 0 aliphatic carbocycles. The van der Waals surface area contributed by atoms with Crippen LogP contribution in [0.1, 0.15) is 11.1 Å². The smallest absolute Gasteiger partial charge is 0.328 e. The first-order valence-corrected chi connectivity index (χ1v) is 4.27. The van der Waals surface area contributed by atoms with Crippen LogP contribution in [0.2, 0.25) is 0 Å². The van der Waals surface area contributed by atoms with Gasteiger partial charge in [0.15, 0.2) is 0 Å². The second kappa shape index (κ2) is 4.94. The van der Waals surface area contributed by atoms with Crippen LogP contribution in [-0.4, -0.2) is 18.2 Å². The van der Waals surface area contributed by atoms with Crippen molar-refractivity contribution in [2.75, 3.05) is 7.11 Å². The Morgan fingerprint density at radius 3 is 2.81 bits per heavy atom. The van der Waals surface area contributed by atoms with Gasteiger partial charge in [-0.25, -0.2) is 9.18 Å². The van der Waals surface area contributed by atoms with E-state index in [2.05, 4.69) is 0 Å². The summed E-state index contributed by atoms with van der Waals surface area (Å²) in [5.41, 5.74) is 0.0953. The summed E-state index contributed by atoms with van der Waals surface area (Å²) in [6.07, 6.45) is 1.83. The maximum atomic E-state index is 13.4. The van der Waals surface area contributed by atoms with E-state index in [4.69, 9.17) is 15.1 Å². The lowest BCUT2D eigenvalue weighted by atomic mass is 10.1. The Balaban J connectivity index is 3.35. The Hall–Kier alpha value is -2.35. The fourth-order valence-electron chi connectivity index (χ4n) is 1.19. The number of aliphatic carboxylic acids is 1.